The lowest BCUT2D eigenvalue weighted by atomic mass is 10.2. The third-order valence-corrected chi connectivity index (χ3v) is 3.06. The van der Waals surface area contributed by atoms with E-state index in [0.717, 1.165) is 19.4 Å². The molecule has 0 aliphatic carbocycles. The first-order valence-corrected chi connectivity index (χ1v) is 6.57. The van der Waals surface area contributed by atoms with E-state index in [1.165, 1.54) is 0 Å². The molecule has 108 valence electrons. The molecule has 2 amide bonds. The predicted octanol–water partition coefficient (Wildman–Crippen LogP) is 0.459. The maximum Gasteiger partial charge on any atom is 0.258 e. The predicted molar refractivity (Wildman–Crippen MR) is 72.4 cm³/mol. The molecule has 0 bridgehead atoms. The van der Waals surface area contributed by atoms with E-state index < -0.39 is 5.91 Å². The second-order valence-corrected chi connectivity index (χ2v) is 4.59. The fourth-order valence-electron chi connectivity index (χ4n) is 2.02. The monoisotopic (exact) mass is 278 g/mol. The average Bonchev–Trinajstić information content (AvgIpc) is 2.96. The van der Waals surface area contributed by atoms with Crippen molar-refractivity contribution < 1.29 is 19.1 Å². The standard InChI is InChI=1S/C14H18N2O4/c15-14(18)11-5-1-2-6-12(11)20-9-13(17)16-8-10-4-3-7-19-10/h1-2,5-6,10H,3-4,7-9H2,(H2,15,18)(H,16,17)/t10-/m0/s1. The van der Waals surface area contributed by atoms with Crippen molar-refractivity contribution in [3.8, 4) is 5.75 Å². The number of amides is 2. The van der Waals surface area contributed by atoms with Gasteiger partial charge in [0.2, 0.25) is 0 Å². The number of benzene rings is 1. The zero-order valence-electron chi connectivity index (χ0n) is 11.1. The summed E-state index contributed by atoms with van der Waals surface area (Å²) in [5.74, 6) is -0.521. The van der Waals surface area contributed by atoms with Crippen LogP contribution in [0.25, 0.3) is 0 Å². The molecule has 0 radical (unpaired) electrons. The molecule has 1 saturated heterocycles. The minimum absolute atomic E-state index is 0.0943. The van der Waals surface area contributed by atoms with Gasteiger partial charge in [-0.05, 0) is 25.0 Å². The van der Waals surface area contributed by atoms with Gasteiger partial charge in [-0.2, -0.15) is 0 Å². The molecule has 1 atom stereocenters. The Balaban J connectivity index is 1.79. The fraction of sp³-hybridized carbons (Fsp3) is 0.429. The Morgan fingerprint density at radius 3 is 2.90 bits per heavy atom. The zero-order chi connectivity index (χ0) is 14.4. The summed E-state index contributed by atoms with van der Waals surface area (Å²) in [6.45, 7) is 1.08. The first kappa shape index (κ1) is 14.3. The lowest BCUT2D eigenvalue weighted by Gasteiger charge is -2.12. The lowest BCUT2D eigenvalue weighted by molar-refractivity contribution is -0.123. The van der Waals surface area contributed by atoms with Crippen molar-refractivity contribution in [1.29, 1.82) is 0 Å². The molecule has 0 aromatic heterocycles. The minimum atomic E-state index is -0.583. The number of rotatable bonds is 6. The zero-order valence-corrected chi connectivity index (χ0v) is 11.1. The average molecular weight is 278 g/mol. The van der Waals surface area contributed by atoms with Gasteiger partial charge < -0.3 is 20.5 Å². The molecule has 3 N–H and O–H groups in total. The third-order valence-electron chi connectivity index (χ3n) is 3.06. The SMILES string of the molecule is NC(=O)c1ccccc1OCC(=O)NC[C@@H]1CCCO1. The molecule has 6 heteroatoms. The quantitative estimate of drug-likeness (QED) is 0.791. The van der Waals surface area contributed by atoms with Gasteiger partial charge in [-0.1, -0.05) is 12.1 Å². The van der Waals surface area contributed by atoms with Crippen LogP contribution in [0.1, 0.15) is 23.2 Å². The Morgan fingerprint density at radius 2 is 2.20 bits per heavy atom. The molecule has 6 nitrogen and oxygen atoms in total. The number of para-hydroxylation sites is 1. The van der Waals surface area contributed by atoms with Crippen molar-refractivity contribution >= 4 is 11.8 Å². The Morgan fingerprint density at radius 1 is 1.40 bits per heavy atom. The summed E-state index contributed by atoms with van der Waals surface area (Å²) in [4.78, 5) is 22.8. The van der Waals surface area contributed by atoms with Crippen molar-refractivity contribution in [2.75, 3.05) is 19.8 Å². The highest BCUT2D eigenvalue weighted by Gasteiger charge is 2.16. The Hall–Kier alpha value is -2.08. The van der Waals surface area contributed by atoms with Crippen molar-refractivity contribution in [1.82, 2.24) is 5.32 Å². The van der Waals surface area contributed by atoms with Crippen LogP contribution < -0.4 is 15.8 Å². The van der Waals surface area contributed by atoms with Crippen LogP contribution in [0.15, 0.2) is 24.3 Å². The molecule has 20 heavy (non-hydrogen) atoms. The smallest absolute Gasteiger partial charge is 0.258 e. The summed E-state index contributed by atoms with van der Waals surface area (Å²) < 4.78 is 10.7. The summed E-state index contributed by atoms with van der Waals surface area (Å²) in [7, 11) is 0. The lowest BCUT2D eigenvalue weighted by Crippen LogP contribution is -2.35. The van der Waals surface area contributed by atoms with Crippen LogP contribution in [0.3, 0.4) is 0 Å². The Bertz CT molecular complexity index is 484. The number of carbonyl (C=O) groups is 2. The molecule has 1 aliphatic heterocycles. The van der Waals surface area contributed by atoms with Crippen molar-refractivity contribution in [2.45, 2.75) is 18.9 Å². The molecule has 0 unspecified atom stereocenters. The molecule has 0 saturated carbocycles. The molecule has 1 fully saturated rings. The summed E-state index contributed by atoms with van der Waals surface area (Å²) in [6, 6.07) is 6.56. The van der Waals surface area contributed by atoms with Gasteiger partial charge in [-0.3, -0.25) is 9.59 Å². The summed E-state index contributed by atoms with van der Waals surface area (Å²) >= 11 is 0. The fourth-order valence-corrected chi connectivity index (χ4v) is 2.02. The van der Waals surface area contributed by atoms with Crippen molar-refractivity contribution in [3.05, 3.63) is 29.8 Å². The van der Waals surface area contributed by atoms with E-state index in [4.69, 9.17) is 15.2 Å². The highest BCUT2D eigenvalue weighted by Crippen LogP contribution is 2.16. The number of nitrogens with two attached hydrogens (primary N) is 1. The maximum atomic E-state index is 11.6. The third kappa shape index (κ3) is 3.96. The van der Waals surface area contributed by atoms with Crippen LogP contribution in [-0.2, 0) is 9.53 Å². The number of carbonyl (C=O) groups excluding carboxylic acids is 2. The van der Waals surface area contributed by atoms with E-state index in [2.05, 4.69) is 5.32 Å². The van der Waals surface area contributed by atoms with Crippen LogP contribution in [0.4, 0.5) is 0 Å². The van der Waals surface area contributed by atoms with E-state index >= 15 is 0 Å². The van der Waals surface area contributed by atoms with E-state index in [1.54, 1.807) is 24.3 Å². The highest BCUT2D eigenvalue weighted by atomic mass is 16.5. The highest BCUT2D eigenvalue weighted by molar-refractivity contribution is 5.95. The molecule has 1 aromatic carbocycles. The van der Waals surface area contributed by atoms with Crippen LogP contribution in [0.2, 0.25) is 0 Å². The van der Waals surface area contributed by atoms with Gasteiger partial charge in [0.05, 0.1) is 11.7 Å². The molecular formula is C14H18N2O4. The number of hydrogen-bond donors (Lipinski definition) is 2. The van der Waals surface area contributed by atoms with E-state index in [1.807, 2.05) is 0 Å². The first-order valence-electron chi connectivity index (χ1n) is 6.57. The Labute approximate surface area is 117 Å². The van der Waals surface area contributed by atoms with Crippen molar-refractivity contribution in [2.24, 2.45) is 5.73 Å². The normalized spacial score (nSPS) is 17.7. The first-order chi connectivity index (χ1) is 9.66. The topological polar surface area (TPSA) is 90.7 Å². The maximum absolute atomic E-state index is 11.6. The minimum Gasteiger partial charge on any atom is -0.483 e. The van der Waals surface area contributed by atoms with E-state index in [9.17, 15) is 9.59 Å². The van der Waals surface area contributed by atoms with Crippen LogP contribution in [0.5, 0.6) is 5.75 Å². The number of primary amides is 1. The van der Waals surface area contributed by atoms with Gasteiger partial charge in [-0.15, -0.1) is 0 Å². The molecule has 2 rings (SSSR count). The van der Waals surface area contributed by atoms with E-state index in [-0.39, 0.29) is 24.2 Å². The second kappa shape index (κ2) is 6.91. The van der Waals surface area contributed by atoms with Crippen LogP contribution >= 0.6 is 0 Å². The largest absolute Gasteiger partial charge is 0.483 e. The molecule has 1 aromatic rings. The molecular weight excluding hydrogens is 260 g/mol. The number of nitrogens with one attached hydrogen (secondary N) is 1. The van der Waals surface area contributed by atoms with Gasteiger partial charge in [0.15, 0.2) is 6.61 Å². The van der Waals surface area contributed by atoms with Gasteiger partial charge in [0, 0.05) is 13.2 Å². The molecule has 1 heterocycles. The number of hydrogen-bond acceptors (Lipinski definition) is 4. The van der Waals surface area contributed by atoms with Gasteiger partial charge in [0.1, 0.15) is 5.75 Å². The molecule has 0 spiro atoms. The summed E-state index contributed by atoms with van der Waals surface area (Å²) in [5, 5.41) is 2.74. The molecule has 1 aliphatic rings. The van der Waals surface area contributed by atoms with E-state index in [0.29, 0.717) is 12.3 Å². The second-order valence-electron chi connectivity index (χ2n) is 4.59. The van der Waals surface area contributed by atoms with Gasteiger partial charge in [-0.25, -0.2) is 0 Å². The van der Waals surface area contributed by atoms with Crippen LogP contribution in [-0.4, -0.2) is 37.7 Å². The summed E-state index contributed by atoms with van der Waals surface area (Å²) in [6.07, 6.45) is 2.09. The van der Waals surface area contributed by atoms with Crippen LogP contribution in [0, 0.1) is 0 Å². The van der Waals surface area contributed by atoms with Gasteiger partial charge >= 0.3 is 0 Å². The number of ether oxygens (including phenoxy) is 2. The summed E-state index contributed by atoms with van der Waals surface area (Å²) in [5.41, 5.74) is 5.49. The van der Waals surface area contributed by atoms with Crippen molar-refractivity contribution in [3.63, 3.8) is 0 Å². The van der Waals surface area contributed by atoms with Gasteiger partial charge in [0.25, 0.3) is 11.8 Å². The Kier molecular flexibility index (Phi) is 4.95.